The van der Waals surface area contributed by atoms with Crippen molar-refractivity contribution in [2.75, 3.05) is 0 Å². The highest BCUT2D eigenvalue weighted by atomic mass is 16.3. The highest BCUT2D eigenvalue weighted by Crippen LogP contribution is 2.14. The zero-order valence-electron chi connectivity index (χ0n) is 6.18. The van der Waals surface area contributed by atoms with Crippen molar-refractivity contribution in [2.24, 2.45) is 5.73 Å². The van der Waals surface area contributed by atoms with Gasteiger partial charge in [0.05, 0.1) is 5.60 Å². The molecule has 0 amide bonds. The Balaban J connectivity index is 3.75. The van der Waals surface area contributed by atoms with Crippen molar-refractivity contribution < 1.29 is 10.2 Å². The Morgan fingerprint density at radius 3 is 1.56 bits per heavy atom. The van der Waals surface area contributed by atoms with Gasteiger partial charge in [0, 0.05) is 6.42 Å². The fourth-order valence-electron chi connectivity index (χ4n) is 0.876. The van der Waals surface area contributed by atoms with Crippen molar-refractivity contribution in [3.05, 3.63) is 0 Å². The molecule has 4 N–H and O–H groups in total. The number of nitrogens with two attached hydrogens (primary N) is 1. The maximum absolute atomic E-state index is 9.11. The lowest BCUT2D eigenvalue weighted by molar-refractivity contribution is -0.0315. The van der Waals surface area contributed by atoms with E-state index in [-0.39, 0.29) is 6.42 Å². The molecule has 0 bridgehead atoms. The van der Waals surface area contributed by atoms with E-state index in [0.717, 1.165) is 0 Å². The third-order valence-electron chi connectivity index (χ3n) is 0.791. The fraction of sp³-hybridized carbons (Fsp3) is 1.00. The topological polar surface area (TPSA) is 66.5 Å². The molecule has 3 heteroatoms. The quantitative estimate of drug-likeness (QED) is 0.457. The minimum atomic E-state index is -1.27. The molecule has 0 aliphatic rings. The zero-order chi connectivity index (χ0) is 7.71. The van der Waals surface area contributed by atoms with Crippen LogP contribution in [0.5, 0.6) is 0 Å². The van der Waals surface area contributed by atoms with Crippen LogP contribution in [-0.4, -0.2) is 21.5 Å². The maximum atomic E-state index is 9.11. The summed E-state index contributed by atoms with van der Waals surface area (Å²) in [5, 5.41) is 18.1. The van der Waals surface area contributed by atoms with Gasteiger partial charge < -0.3 is 15.9 Å². The van der Waals surface area contributed by atoms with E-state index in [9.17, 15) is 0 Å². The minimum absolute atomic E-state index is 0.181. The maximum Gasteiger partial charge on any atom is 0.113 e. The van der Waals surface area contributed by atoms with Gasteiger partial charge in [-0.05, 0) is 20.8 Å². The summed E-state index contributed by atoms with van der Waals surface area (Å²) in [5.74, 6) is 0. The van der Waals surface area contributed by atoms with Gasteiger partial charge in [0.15, 0.2) is 0 Å². The number of hydrogen-bond acceptors (Lipinski definition) is 3. The standard InChI is InChI=1S/C6H15NO2/c1-5(2,8)4-6(3,7)9/h8-9H,4,7H2,1-3H3. The van der Waals surface area contributed by atoms with Crippen molar-refractivity contribution >= 4 is 0 Å². The molecule has 3 nitrogen and oxygen atoms in total. The van der Waals surface area contributed by atoms with Gasteiger partial charge in [0.1, 0.15) is 5.72 Å². The molecule has 0 rings (SSSR count). The van der Waals surface area contributed by atoms with Gasteiger partial charge >= 0.3 is 0 Å². The molecule has 0 fully saturated rings. The Morgan fingerprint density at radius 2 is 1.56 bits per heavy atom. The van der Waals surface area contributed by atoms with Crippen LogP contribution in [0.15, 0.2) is 0 Å². The van der Waals surface area contributed by atoms with E-state index in [1.54, 1.807) is 13.8 Å². The Hall–Kier alpha value is -0.120. The average molecular weight is 133 g/mol. The first-order valence-electron chi connectivity index (χ1n) is 2.94. The predicted molar refractivity (Wildman–Crippen MR) is 35.7 cm³/mol. The van der Waals surface area contributed by atoms with Crippen molar-refractivity contribution in [1.82, 2.24) is 0 Å². The largest absolute Gasteiger partial charge is 0.390 e. The van der Waals surface area contributed by atoms with Crippen LogP contribution in [0.25, 0.3) is 0 Å². The molecule has 0 aromatic heterocycles. The van der Waals surface area contributed by atoms with Crippen molar-refractivity contribution in [3.8, 4) is 0 Å². The average Bonchev–Trinajstić information content (AvgIpc) is 1.14. The smallest absolute Gasteiger partial charge is 0.113 e. The molecule has 1 unspecified atom stereocenters. The monoisotopic (exact) mass is 133 g/mol. The van der Waals surface area contributed by atoms with Crippen LogP contribution in [0.2, 0.25) is 0 Å². The SMILES string of the molecule is CC(C)(O)CC(C)(N)O. The summed E-state index contributed by atoms with van der Waals surface area (Å²) >= 11 is 0. The summed E-state index contributed by atoms with van der Waals surface area (Å²) in [4.78, 5) is 0. The van der Waals surface area contributed by atoms with E-state index >= 15 is 0 Å². The van der Waals surface area contributed by atoms with Gasteiger partial charge in [0.2, 0.25) is 0 Å². The van der Waals surface area contributed by atoms with Crippen molar-refractivity contribution in [3.63, 3.8) is 0 Å². The molecule has 0 radical (unpaired) electrons. The summed E-state index contributed by atoms with van der Waals surface area (Å²) in [6.07, 6.45) is 0.181. The van der Waals surface area contributed by atoms with Crippen LogP contribution in [0.3, 0.4) is 0 Å². The molecule has 0 spiro atoms. The third kappa shape index (κ3) is 7.88. The normalized spacial score (nSPS) is 19.3. The van der Waals surface area contributed by atoms with E-state index in [1.807, 2.05) is 0 Å². The summed E-state index contributed by atoms with van der Waals surface area (Å²) in [6.45, 7) is 4.67. The molecular weight excluding hydrogens is 118 g/mol. The molecule has 0 saturated heterocycles. The zero-order valence-corrected chi connectivity index (χ0v) is 6.18. The molecule has 0 saturated carbocycles. The van der Waals surface area contributed by atoms with E-state index in [2.05, 4.69) is 0 Å². The second-order valence-electron chi connectivity index (χ2n) is 3.35. The second-order valence-corrected chi connectivity index (χ2v) is 3.35. The fourth-order valence-corrected chi connectivity index (χ4v) is 0.876. The molecule has 0 aromatic carbocycles. The van der Waals surface area contributed by atoms with Gasteiger partial charge in [-0.2, -0.15) is 0 Å². The summed E-state index contributed by atoms with van der Waals surface area (Å²) in [5.41, 5.74) is 3.06. The van der Waals surface area contributed by atoms with Gasteiger partial charge in [-0.15, -0.1) is 0 Å². The van der Waals surface area contributed by atoms with E-state index in [4.69, 9.17) is 15.9 Å². The van der Waals surface area contributed by atoms with Gasteiger partial charge in [0.25, 0.3) is 0 Å². The van der Waals surface area contributed by atoms with Crippen LogP contribution in [0.4, 0.5) is 0 Å². The molecule has 0 aromatic rings. The number of aliphatic hydroxyl groups is 2. The first-order chi connectivity index (χ1) is 3.71. The van der Waals surface area contributed by atoms with E-state index in [1.165, 1.54) is 6.92 Å². The van der Waals surface area contributed by atoms with Crippen LogP contribution in [0, 0.1) is 0 Å². The lowest BCUT2D eigenvalue weighted by atomic mass is 9.98. The van der Waals surface area contributed by atoms with E-state index in [0.29, 0.717) is 0 Å². The molecule has 56 valence electrons. The highest BCUT2D eigenvalue weighted by molar-refractivity contribution is 4.75. The molecule has 0 aliphatic heterocycles. The van der Waals surface area contributed by atoms with Crippen LogP contribution < -0.4 is 5.73 Å². The Kier molecular flexibility index (Phi) is 2.22. The van der Waals surface area contributed by atoms with Crippen molar-refractivity contribution in [1.29, 1.82) is 0 Å². The molecule has 0 heterocycles. The first-order valence-corrected chi connectivity index (χ1v) is 2.94. The molecule has 1 atom stereocenters. The molecular formula is C6H15NO2. The van der Waals surface area contributed by atoms with Gasteiger partial charge in [-0.3, -0.25) is 0 Å². The van der Waals surface area contributed by atoms with Crippen LogP contribution in [-0.2, 0) is 0 Å². The Bertz CT molecular complexity index is 76.2. The van der Waals surface area contributed by atoms with Crippen LogP contribution in [0.1, 0.15) is 27.2 Å². The van der Waals surface area contributed by atoms with Gasteiger partial charge in [-0.25, -0.2) is 0 Å². The lowest BCUT2D eigenvalue weighted by Gasteiger charge is -2.25. The number of rotatable bonds is 2. The summed E-state index contributed by atoms with van der Waals surface area (Å²) in [6, 6.07) is 0. The minimum Gasteiger partial charge on any atom is -0.390 e. The van der Waals surface area contributed by atoms with E-state index < -0.39 is 11.3 Å². The summed E-state index contributed by atoms with van der Waals surface area (Å²) in [7, 11) is 0. The lowest BCUT2D eigenvalue weighted by Crippen LogP contribution is -2.42. The van der Waals surface area contributed by atoms with Crippen LogP contribution >= 0.6 is 0 Å². The highest BCUT2D eigenvalue weighted by Gasteiger charge is 2.24. The van der Waals surface area contributed by atoms with Crippen molar-refractivity contribution in [2.45, 2.75) is 38.5 Å². The first kappa shape index (κ1) is 8.88. The second kappa shape index (κ2) is 2.25. The van der Waals surface area contributed by atoms with Gasteiger partial charge in [-0.1, -0.05) is 0 Å². The molecule has 9 heavy (non-hydrogen) atoms. The Morgan fingerprint density at radius 1 is 1.22 bits per heavy atom. The predicted octanol–water partition coefficient (Wildman–Crippen LogP) is -0.185. The Labute approximate surface area is 55.5 Å². The summed E-state index contributed by atoms with van der Waals surface area (Å²) < 4.78 is 0. The molecule has 0 aliphatic carbocycles. The number of hydrogen-bond donors (Lipinski definition) is 3. The third-order valence-corrected chi connectivity index (χ3v) is 0.791.